The number of carbonyl (C=O) groups is 1. The molecule has 0 aliphatic heterocycles. The predicted octanol–water partition coefficient (Wildman–Crippen LogP) is 3.55. The molecule has 1 heterocycles. The molecule has 1 aromatic heterocycles. The number of hydrogen-bond donors (Lipinski definition) is 1. The maximum Gasteiger partial charge on any atom is 0.358 e. The van der Waals surface area contributed by atoms with Crippen molar-refractivity contribution < 1.29 is 9.53 Å². The zero-order valence-electron chi connectivity index (χ0n) is 12.4. The van der Waals surface area contributed by atoms with Gasteiger partial charge in [0, 0.05) is 11.3 Å². The fraction of sp³-hybridized carbons (Fsp3) is 0.375. The predicted molar refractivity (Wildman–Crippen MR) is 78.8 cm³/mol. The molecule has 0 saturated heterocycles. The van der Waals surface area contributed by atoms with Crippen LogP contribution in [0.1, 0.15) is 48.4 Å². The third-order valence-electron chi connectivity index (χ3n) is 3.36. The number of ether oxygens (including phenoxy) is 1. The lowest BCUT2D eigenvalue weighted by molar-refractivity contribution is 0.0593. The second kappa shape index (κ2) is 5.90. The standard InChI is InChI=1S/C16H20N2O2/c1-5-13-14(16(19)20-4)18-15(17-13)12-8-6-11(7-9-12)10(2)3/h6-10H,5H2,1-4H3,(H,17,18). The first-order valence-electron chi connectivity index (χ1n) is 6.84. The number of benzene rings is 1. The molecule has 0 fully saturated rings. The smallest absolute Gasteiger partial charge is 0.358 e. The molecule has 0 aliphatic rings. The number of carbonyl (C=O) groups excluding carboxylic acids is 1. The summed E-state index contributed by atoms with van der Waals surface area (Å²) in [6, 6.07) is 8.22. The molecule has 4 nitrogen and oxygen atoms in total. The highest BCUT2D eigenvalue weighted by atomic mass is 16.5. The summed E-state index contributed by atoms with van der Waals surface area (Å²) in [4.78, 5) is 19.2. The topological polar surface area (TPSA) is 55.0 Å². The number of rotatable bonds is 4. The van der Waals surface area contributed by atoms with Crippen LogP contribution >= 0.6 is 0 Å². The molecule has 1 aromatic carbocycles. The lowest BCUT2D eigenvalue weighted by atomic mass is 10.0. The quantitative estimate of drug-likeness (QED) is 0.866. The van der Waals surface area contributed by atoms with E-state index in [9.17, 15) is 4.79 Å². The number of imidazole rings is 1. The maximum absolute atomic E-state index is 11.7. The number of hydrogen-bond acceptors (Lipinski definition) is 3. The second-order valence-electron chi connectivity index (χ2n) is 5.03. The zero-order valence-corrected chi connectivity index (χ0v) is 12.4. The van der Waals surface area contributed by atoms with Crippen molar-refractivity contribution in [3.05, 3.63) is 41.2 Å². The molecule has 0 aliphatic carbocycles. The van der Waals surface area contributed by atoms with Crippen LogP contribution < -0.4 is 0 Å². The van der Waals surface area contributed by atoms with Gasteiger partial charge in [0.05, 0.1) is 7.11 Å². The fourth-order valence-electron chi connectivity index (χ4n) is 2.09. The molecule has 20 heavy (non-hydrogen) atoms. The Morgan fingerprint density at radius 1 is 1.30 bits per heavy atom. The molecule has 0 unspecified atom stereocenters. The van der Waals surface area contributed by atoms with Gasteiger partial charge in [-0.1, -0.05) is 45.0 Å². The zero-order chi connectivity index (χ0) is 14.7. The van der Waals surface area contributed by atoms with E-state index in [2.05, 4.69) is 35.9 Å². The number of nitrogens with one attached hydrogen (secondary N) is 1. The van der Waals surface area contributed by atoms with Crippen molar-refractivity contribution in [2.24, 2.45) is 0 Å². The van der Waals surface area contributed by atoms with Crippen LogP contribution in [-0.2, 0) is 11.2 Å². The van der Waals surface area contributed by atoms with Gasteiger partial charge in [0.25, 0.3) is 0 Å². The highest BCUT2D eigenvalue weighted by Gasteiger charge is 2.17. The van der Waals surface area contributed by atoms with Gasteiger partial charge in [-0.25, -0.2) is 9.78 Å². The summed E-state index contributed by atoms with van der Waals surface area (Å²) in [6.45, 7) is 6.30. The molecule has 0 bridgehead atoms. The summed E-state index contributed by atoms with van der Waals surface area (Å²) in [5.41, 5.74) is 3.43. The monoisotopic (exact) mass is 272 g/mol. The maximum atomic E-state index is 11.7. The minimum Gasteiger partial charge on any atom is -0.464 e. The third-order valence-corrected chi connectivity index (χ3v) is 3.36. The SMILES string of the molecule is CCc1[nH]c(-c2ccc(C(C)C)cc2)nc1C(=O)OC. The van der Waals surface area contributed by atoms with E-state index < -0.39 is 5.97 Å². The third kappa shape index (κ3) is 2.74. The largest absolute Gasteiger partial charge is 0.464 e. The Balaban J connectivity index is 2.37. The van der Waals surface area contributed by atoms with Crippen LogP contribution in [0.15, 0.2) is 24.3 Å². The van der Waals surface area contributed by atoms with Gasteiger partial charge < -0.3 is 9.72 Å². The molecule has 0 atom stereocenters. The Hall–Kier alpha value is -2.10. The summed E-state index contributed by atoms with van der Waals surface area (Å²) in [5, 5.41) is 0. The van der Waals surface area contributed by atoms with E-state index in [1.807, 2.05) is 19.1 Å². The van der Waals surface area contributed by atoms with Gasteiger partial charge in [0.1, 0.15) is 5.82 Å². The van der Waals surface area contributed by atoms with Gasteiger partial charge >= 0.3 is 5.97 Å². The normalized spacial score (nSPS) is 10.8. The van der Waals surface area contributed by atoms with Gasteiger partial charge in [0.15, 0.2) is 5.69 Å². The van der Waals surface area contributed by atoms with E-state index >= 15 is 0 Å². The van der Waals surface area contributed by atoms with Gasteiger partial charge in [-0.2, -0.15) is 0 Å². The Morgan fingerprint density at radius 3 is 2.45 bits per heavy atom. The molecule has 2 rings (SSSR count). The van der Waals surface area contributed by atoms with Crippen molar-refractivity contribution in [1.29, 1.82) is 0 Å². The minimum absolute atomic E-state index is 0.373. The number of nitrogens with zero attached hydrogens (tertiary/aromatic N) is 1. The average molecular weight is 272 g/mol. The van der Waals surface area contributed by atoms with E-state index in [1.165, 1.54) is 12.7 Å². The first-order chi connectivity index (χ1) is 9.56. The second-order valence-corrected chi connectivity index (χ2v) is 5.03. The molecule has 106 valence electrons. The molecule has 0 amide bonds. The molecular formula is C16H20N2O2. The minimum atomic E-state index is -0.400. The van der Waals surface area contributed by atoms with E-state index in [0.717, 1.165) is 11.3 Å². The summed E-state index contributed by atoms with van der Waals surface area (Å²) in [6.07, 6.45) is 0.710. The van der Waals surface area contributed by atoms with Crippen LogP contribution in [0.2, 0.25) is 0 Å². The molecule has 1 N–H and O–H groups in total. The highest BCUT2D eigenvalue weighted by molar-refractivity contribution is 5.89. The van der Waals surface area contributed by atoms with Crippen molar-refractivity contribution in [3.63, 3.8) is 0 Å². The lowest BCUT2D eigenvalue weighted by Gasteiger charge is -2.05. The summed E-state index contributed by atoms with van der Waals surface area (Å²) in [5.74, 6) is 0.804. The van der Waals surface area contributed by atoms with Gasteiger partial charge in [0.2, 0.25) is 0 Å². The number of aromatic amines is 1. The highest BCUT2D eigenvalue weighted by Crippen LogP contribution is 2.22. The van der Waals surface area contributed by atoms with Gasteiger partial charge in [-0.05, 0) is 17.9 Å². The first-order valence-corrected chi connectivity index (χ1v) is 6.84. The van der Waals surface area contributed by atoms with Crippen LogP contribution in [-0.4, -0.2) is 23.0 Å². The molecular weight excluding hydrogens is 252 g/mol. The summed E-state index contributed by atoms with van der Waals surface area (Å²) >= 11 is 0. The van der Waals surface area contributed by atoms with Crippen molar-refractivity contribution in [3.8, 4) is 11.4 Å². The number of aromatic nitrogens is 2. The van der Waals surface area contributed by atoms with Crippen LogP contribution in [0.3, 0.4) is 0 Å². The molecule has 0 spiro atoms. The van der Waals surface area contributed by atoms with E-state index in [1.54, 1.807) is 0 Å². The van der Waals surface area contributed by atoms with Crippen LogP contribution in [0.5, 0.6) is 0 Å². The van der Waals surface area contributed by atoms with Crippen molar-refractivity contribution in [2.75, 3.05) is 7.11 Å². The number of methoxy groups -OCH3 is 1. The van der Waals surface area contributed by atoms with Gasteiger partial charge in [-0.3, -0.25) is 0 Å². The fourth-order valence-corrected chi connectivity index (χ4v) is 2.09. The van der Waals surface area contributed by atoms with E-state index in [-0.39, 0.29) is 0 Å². The molecule has 0 radical (unpaired) electrons. The number of esters is 1. The summed E-state index contributed by atoms with van der Waals surface area (Å²) in [7, 11) is 1.37. The first kappa shape index (κ1) is 14.3. The average Bonchev–Trinajstić information content (AvgIpc) is 2.90. The Kier molecular flexibility index (Phi) is 4.23. The molecule has 4 heteroatoms. The van der Waals surface area contributed by atoms with Crippen LogP contribution in [0.4, 0.5) is 0 Å². The van der Waals surface area contributed by atoms with E-state index in [0.29, 0.717) is 23.9 Å². The molecule has 2 aromatic rings. The number of aryl methyl sites for hydroxylation is 1. The van der Waals surface area contributed by atoms with E-state index in [4.69, 9.17) is 4.74 Å². The summed E-state index contributed by atoms with van der Waals surface area (Å²) < 4.78 is 4.76. The van der Waals surface area contributed by atoms with Crippen molar-refractivity contribution >= 4 is 5.97 Å². The van der Waals surface area contributed by atoms with Crippen molar-refractivity contribution in [2.45, 2.75) is 33.1 Å². The molecule has 0 saturated carbocycles. The van der Waals surface area contributed by atoms with Crippen molar-refractivity contribution in [1.82, 2.24) is 9.97 Å². The Morgan fingerprint density at radius 2 is 1.95 bits per heavy atom. The Bertz CT molecular complexity index is 597. The number of H-pyrrole nitrogens is 1. The van der Waals surface area contributed by atoms with Gasteiger partial charge in [-0.15, -0.1) is 0 Å². The van der Waals surface area contributed by atoms with Crippen LogP contribution in [0.25, 0.3) is 11.4 Å². The Labute approximate surface area is 119 Å². The van der Waals surface area contributed by atoms with Crippen LogP contribution in [0, 0.1) is 0 Å². The lowest BCUT2D eigenvalue weighted by Crippen LogP contribution is -2.04.